The van der Waals surface area contributed by atoms with Gasteiger partial charge < -0.3 is 10.5 Å². The average molecular weight is 381 g/mol. The van der Waals surface area contributed by atoms with Crippen LogP contribution in [0, 0.1) is 6.92 Å². The number of aromatic nitrogens is 1. The maximum atomic E-state index is 11.4. The first-order valence-electron chi connectivity index (χ1n) is 8.75. The summed E-state index contributed by atoms with van der Waals surface area (Å²) in [6.45, 7) is 5.86. The van der Waals surface area contributed by atoms with E-state index in [2.05, 4.69) is 4.98 Å². The highest BCUT2D eigenvalue weighted by atomic mass is 32.2. The number of hydrogen-bond acceptors (Lipinski definition) is 4. The zero-order chi connectivity index (χ0) is 19.8. The molecule has 0 aliphatic heterocycles. The maximum Gasteiger partial charge on any atom is 0.248 e. The number of thioether (sulfide) groups is 1. The summed E-state index contributed by atoms with van der Waals surface area (Å²) in [7, 11) is 0. The van der Waals surface area contributed by atoms with E-state index in [0.29, 0.717) is 11.3 Å². The van der Waals surface area contributed by atoms with Crippen molar-refractivity contribution < 1.29 is 9.53 Å². The molecular formula is C22H24N2O2S. The molecule has 3 rings (SSSR count). The molecule has 1 amide bonds. The van der Waals surface area contributed by atoms with Crippen LogP contribution in [0.4, 0.5) is 0 Å². The van der Waals surface area contributed by atoms with Crippen LogP contribution < -0.4 is 10.5 Å². The molecule has 2 N–H and O–H groups in total. The fourth-order valence-corrected chi connectivity index (χ4v) is 2.92. The molecule has 4 nitrogen and oxygen atoms in total. The predicted octanol–water partition coefficient (Wildman–Crippen LogP) is 5.70. The number of carbonyl (C=O) groups excluding carboxylic acids is 1. The molecule has 0 atom stereocenters. The Labute approximate surface area is 164 Å². The summed E-state index contributed by atoms with van der Waals surface area (Å²) >= 11 is 1.69. The first-order valence-corrected chi connectivity index (χ1v) is 9.98. The van der Waals surface area contributed by atoms with E-state index in [9.17, 15) is 4.79 Å². The number of rotatable bonds is 5. The van der Waals surface area contributed by atoms with E-state index in [1.807, 2.05) is 75.6 Å². The molecule has 0 saturated carbocycles. The molecule has 0 unspecified atom stereocenters. The third-order valence-electron chi connectivity index (χ3n) is 3.81. The second-order valence-corrected chi connectivity index (χ2v) is 6.43. The molecule has 2 aromatic carbocycles. The van der Waals surface area contributed by atoms with Gasteiger partial charge in [-0.2, -0.15) is 0 Å². The van der Waals surface area contributed by atoms with Crippen LogP contribution in [0.3, 0.4) is 0 Å². The molecule has 0 saturated heterocycles. The predicted molar refractivity (Wildman–Crippen MR) is 113 cm³/mol. The summed E-state index contributed by atoms with van der Waals surface area (Å²) in [6, 6.07) is 17.1. The first kappa shape index (κ1) is 20.5. The Morgan fingerprint density at radius 1 is 1.00 bits per heavy atom. The minimum atomic E-state index is -0.428. The van der Waals surface area contributed by atoms with Gasteiger partial charge in [-0.05, 0) is 61.2 Å². The van der Waals surface area contributed by atoms with Gasteiger partial charge in [-0.15, -0.1) is 11.8 Å². The molecular weight excluding hydrogens is 356 g/mol. The van der Waals surface area contributed by atoms with Crippen LogP contribution in [0.1, 0.15) is 29.8 Å². The highest BCUT2D eigenvalue weighted by Crippen LogP contribution is 2.28. The molecule has 0 spiro atoms. The lowest BCUT2D eigenvalue weighted by molar-refractivity contribution is 0.0999. The standard InChI is InChI=1S/C20H18N2O2S.C2H6/c1-13-11-14(3-8-18(13)20(21)23)19-12-16(9-10-22-19)24-15-4-6-17(25-2)7-5-15;1-2/h3-12H,1-2H3,(H2,21,23);1-2H3. The zero-order valence-corrected chi connectivity index (χ0v) is 16.8. The fraction of sp³-hybridized carbons (Fsp3) is 0.182. The maximum absolute atomic E-state index is 11.4. The van der Waals surface area contributed by atoms with Crippen LogP contribution in [-0.2, 0) is 0 Å². The Morgan fingerprint density at radius 3 is 2.30 bits per heavy atom. The smallest absolute Gasteiger partial charge is 0.248 e. The molecule has 0 aliphatic carbocycles. The number of hydrogen-bond donors (Lipinski definition) is 1. The average Bonchev–Trinajstić information content (AvgIpc) is 2.70. The summed E-state index contributed by atoms with van der Waals surface area (Å²) in [5.74, 6) is 1.05. The SMILES string of the molecule is CC.CSc1ccc(Oc2ccnc(-c3ccc(C(N)=O)c(C)c3)c2)cc1. The normalized spacial score (nSPS) is 9.93. The van der Waals surface area contributed by atoms with Gasteiger partial charge in [-0.1, -0.05) is 19.9 Å². The third kappa shape index (κ3) is 5.34. The van der Waals surface area contributed by atoms with Crippen molar-refractivity contribution in [1.29, 1.82) is 0 Å². The monoisotopic (exact) mass is 380 g/mol. The number of benzene rings is 2. The van der Waals surface area contributed by atoms with Crippen LogP contribution in [0.5, 0.6) is 11.5 Å². The summed E-state index contributed by atoms with van der Waals surface area (Å²) < 4.78 is 5.91. The molecule has 5 heteroatoms. The minimum absolute atomic E-state index is 0.428. The molecule has 0 bridgehead atoms. The summed E-state index contributed by atoms with van der Waals surface area (Å²) in [5, 5.41) is 0. The fourth-order valence-electron chi connectivity index (χ4n) is 2.51. The summed E-state index contributed by atoms with van der Waals surface area (Å²) in [5.41, 5.74) is 8.38. The van der Waals surface area contributed by atoms with Gasteiger partial charge >= 0.3 is 0 Å². The Kier molecular flexibility index (Phi) is 7.44. The number of primary amides is 1. The van der Waals surface area contributed by atoms with Crippen LogP contribution in [-0.4, -0.2) is 17.1 Å². The van der Waals surface area contributed by atoms with Gasteiger partial charge in [0.2, 0.25) is 5.91 Å². The van der Waals surface area contributed by atoms with Crippen LogP contribution in [0.15, 0.2) is 65.7 Å². The van der Waals surface area contributed by atoms with E-state index in [-0.39, 0.29) is 0 Å². The quantitative estimate of drug-likeness (QED) is 0.577. The minimum Gasteiger partial charge on any atom is -0.457 e. The van der Waals surface area contributed by atoms with Gasteiger partial charge in [0.05, 0.1) is 5.69 Å². The van der Waals surface area contributed by atoms with Crippen LogP contribution >= 0.6 is 11.8 Å². The largest absolute Gasteiger partial charge is 0.457 e. The number of carbonyl (C=O) groups is 1. The van der Waals surface area contributed by atoms with E-state index in [4.69, 9.17) is 10.5 Å². The Morgan fingerprint density at radius 2 is 1.70 bits per heavy atom. The van der Waals surface area contributed by atoms with Crippen molar-refractivity contribution in [2.24, 2.45) is 5.73 Å². The number of pyridine rings is 1. The second-order valence-electron chi connectivity index (χ2n) is 5.55. The van der Waals surface area contributed by atoms with Crippen molar-refractivity contribution in [2.45, 2.75) is 25.7 Å². The van der Waals surface area contributed by atoms with Gasteiger partial charge in [-0.25, -0.2) is 0 Å². The van der Waals surface area contributed by atoms with E-state index in [1.54, 1.807) is 24.0 Å². The van der Waals surface area contributed by atoms with Gasteiger partial charge in [0, 0.05) is 28.3 Å². The molecule has 27 heavy (non-hydrogen) atoms. The first-order chi connectivity index (χ1) is 13.1. The molecule has 0 aliphatic rings. The lowest BCUT2D eigenvalue weighted by atomic mass is 10.0. The van der Waals surface area contributed by atoms with Crippen LogP contribution in [0.25, 0.3) is 11.3 Å². The number of amides is 1. The van der Waals surface area contributed by atoms with Crippen molar-refractivity contribution >= 4 is 17.7 Å². The van der Waals surface area contributed by atoms with Gasteiger partial charge in [0.25, 0.3) is 0 Å². The lowest BCUT2D eigenvalue weighted by Crippen LogP contribution is -2.12. The zero-order valence-electron chi connectivity index (χ0n) is 16.0. The topological polar surface area (TPSA) is 65.2 Å². The number of ether oxygens (including phenoxy) is 1. The van der Waals surface area contributed by atoms with Crippen molar-refractivity contribution in [3.05, 3.63) is 71.9 Å². The van der Waals surface area contributed by atoms with Crippen molar-refractivity contribution in [2.75, 3.05) is 6.26 Å². The van der Waals surface area contributed by atoms with Gasteiger partial charge in [0.1, 0.15) is 11.5 Å². The van der Waals surface area contributed by atoms with Crippen LogP contribution in [0.2, 0.25) is 0 Å². The molecule has 1 heterocycles. The van der Waals surface area contributed by atoms with Crippen molar-refractivity contribution in [3.8, 4) is 22.8 Å². The number of nitrogens with zero attached hydrogens (tertiary/aromatic N) is 1. The van der Waals surface area contributed by atoms with Crippen molar-refractivity contribution in [3.63, 3.8) is 0 Å². The number of nitrogens with two attached hydrogens (primary N) is 1. The molecule has 0 radical (unpaired) electrons. The van der Waals surface area contributed by atoms with E-state index < -0.39 is 5.91 Å². The highest BCUT2D eigenvalue weighted by Gasteiger charge is 2.08. The van der Waals surface area contributed by atoms with Crippen molar-refractivity contribution in [1.82, 2.24) is 4.98 Å². The van der Waals surface area contributed by atoms with Gasteiger partial charge in [-0.3, -0.25) is 9.78 Å². The molecule has 140 valence electrons. The van der Waals surface area contributed by atoms with E-state index >= 15 is 0 Å². The number of aryl methyl sites for hydroxylation is 1. The molecule has 3 aromatic rings. The Balaban J connectivity index is 0.00000126. The van der Waals surface area contributed by atoms with Gasteiger partial charge in [0.15, 0.2) is 0 Å². The summed E-state index contributed by atoms with van der Waals surface area (Å²) in [6.07, 6.45) is 3.74. The third-order valence-corrected chi connectivity index (χ3v) is 4.56. The van der Waals surface area contributed by atoms with E-state index in [1.165, 1.54) is 4.90 Å². The lowest BCUT2D eigenvalue weighted by Gasteiger charge is -2.09. The van der Waals surface area contributed by atoms with E-state index in [0.717, 1.165) is 22.6 Å². The molecule has 1 aromatic heterocycles. The second kappa shape index (κ2) is 9.78. The highest BCUT2D eigenvalue weighted by molar-refractivity contribution is 7.98. The molecule has 0 fully saturated rings. The Bertz CT molecular complexity index is 908. The Hall–Kier alpha value is -2.79. The summed E-state index contributed by atoms with van der Waals surface area (Å²) in [4.78, 5) is 16.9.